The highest BCUT2D eigenvalue weighted by molar-refractivity contribution is 5.91. The average molecular weight is 466 g/mol. The summed E-state index contributed by atoms with van der Waals surface area (Å²) in [5.41, 5.74) is 0.00240. The van der Waals surface area contributed by atoms with Crippen LogP contribution < -0.4 is 5.32 Å². The second-order valence-electron chi connectivity index (χ2n) is 10.9. The Morgan fingerprint density at radius 1 is 1.18 bits per heavy atom. The maximum atomic E-state index is 13.7. The van der Waals surface area contributed by atoms with E-state index in [2.05, 4.69) is 17.1 Å². The number of rotatable bonds is 9. The van der Waals surface area contributed by atoms with Gasteiger partial charge < -0.3 is 15.0 Å². The van der Waals surface area contributed by atoms with Crippen molar-refractivity contribution in [2.24, 2.45) is 17.3 Å². The minimum absolute atomic E-state index is 0.0788. The Labute approximate surface area is 201 Å². The lowest BCUT2D eigenvalue weighted by molar-refractivity contribution is -0.142. The summed E-state index contributed by atoms with van der Waals surface area (Å²) in [7, 11) is 3.73. The molecule has 1 fully saturated rings. The van der Waals surface area contributed by atoms with Gasteiger partial charge in [0.2, 0.25) is 11.8 Å². The van der Waals surface area contributed by atoms with Crippen LogP contribution in [0.4, 0.5) is 0 Å². The lowest BCUT2D eigenvalue weighted by atomic mass is 9.84. The molecule has 2 amide bonds. The first kappa shape index (κ1) is 29.1. The fraction of sp³-hybridized carbons (Fsp3) is 0.808. The summed E-state index contributed by atoms with van der Waals surface area (Å²) < 4.78 is 5.10. The van der Waals surface area contributed by atoms with E-state index in [0.717, 1.165) is 25.8 Å². The number of carbonyl (C=O) groups excluding carboxylic acids is 3. The number of esters is 1. The number of nitrogens with one attached hydrogen (secondary N) is 1. The van der Waals surface area contributed by atoms with Crippen LogP contribution in [0.1, 0.15) is 74.7 Å². The van der Waals surface area contributed by atoms with Crippen LogP contribution in [-0.4, -0.2) is 73.0 Å². The Bertz CT molecular complexity index is 711. The van der Waals surface area contributed by atoms with Crippen molar-refractivity contribution in [3.8, 4) is 0 Å². The van der Waals surface area contributed by atoms with Crippen molar-refractivity contribution in [2.75, 3.05) is 27.2 Å². The molecule has 1 heterocycles. The smallest absolute Gasteiger partial charge is 0.333 e. The van der Waals surface area contributed by atoms with Gasteiger partial charge >= 0.3 is 5.97 Å². The molecule has 33 heavy (non-hydrogen) atoms. The van der Waals surface area contributed by atoms with Crippen LogP contribution in [0.25, 0.3) is 0 Å². The number of ether oxygens (including phenoxy) is 1. The zero-order valence-corrected chi connectivity index (χ0v) is 22.5. The zero-order chi connectivity index (χ0) is 25.5. The molecule has 4 atom stereocenters. The van der Waals surface area contributed by atoms with Gasteiger partial charge in [-0.15, -0.1) is 0 Å². The molecule has 1 saturated heterocycles. The number of amides is 2. The predicted octanol–water partition coefficient (Wildman–Crippen LogP) is 3.63. The highest BCUT2D eigenvalue weighted by atomic mass is 16.5. The number of carbonyl (C=O) groups is 3. The normalized spacial score (nSPS) is 22.0. The van der Waals surface area contributed by atoms with E-state index in [9.17, 15) is 14.4 Å². The van der Waals surface area contributed by atoms with Crippen LogP contribution in [0, 0.1) is 17.3 Å². The van der Waals surface area contributed by atoms with Crippen molar-refractivity contribution < 1.29 is 19.1 Å². The van der Waals surface area contributed by atoms with E-state index in [4.69, 9.17) is 4.74 Å². The van der Waals surface area contributed by atoms with Crippen LogP contribution >= 0.6 is 0 Å². The van der Waals surface area contributed by atoms with Crippen LogP contribution in [0.15, 0.2) is 11.6 Å². The van der Waals surface area contributed by atoms with Gasteiger partial charge in [0.05, 0.1) is 18.7 Å². The first-order valence-electron chi connectivity index (χ1n) is 12.4. The number of hydrogen-bond donors (Lipinski definition) is 1. The molecule has 7 nitrogen and oxygen atoms in total. The Morgan fingerprint density at radius 2 is 1.79 bits per heavy atom. The quantitative estimate of drug-likeness (QED) is 0.416. The van der Waals surface area contributed by atoms with E-state index in [-0.39, 0.29) is 35.8 Å². The van der Waals surface area contributed by atoms with Gasteiger partial charge in [-0.2, -0.15) is 0 Å². The average Bonchev–Trinajstić information content (AvgIpc) is 2.73. The van der Waals surface area contributed by atoms with Gasteiger partial charge in [0, 0.05) is 19.2 Å². The van der Waals surface area contributed by atoms with Gasteiger partial charge in [-0.05, 0) is 51.0 Å². The molecule has 0 aromatic carbocycles. The van der Waals surface area contributed by atoms with E-state index in [1.165, 1.54) is 0 Å². The molecule has 1 rings (SSSR count). The number of hydrogen-bond acceptors (Lipinski definition) is 5. The van der Waals surface area contributed by atoms with Gasteiger partial charge in [-0.25, -0.2) is 4.79 Å². The summed E-state index contributed by atoms with van der Waals surface area (Å²) in [6.45, 7) is 16.8. The maximum Gasteiger partial charge on any atom is 0.333 e. The van der Waals surface area contributed by atoms with E-state index in [0.29, 0.717) is 18.1 Å². The molecule has 0 bridgehead atoms. The standard InChI is InChI=1S/C26H47N3O4/c1-11-19-13-14-20(28(9)16-19)23(30)27-22(26(6,7)8)24(31)29(10)21(17(3)4)15-18(5)25(32)33-12-2/h15,17,19-22H,11-14,16H2,1-10H3,(H,27,30)/b18-15+/t19?,20-,21-,22-/m1/s1. The Balaban J connectivity index is 3.09. The molecule has 7 heteroatoms. The summed E-state index contributed by atoms with van der Waals surface area (Å²) >= 11 is 0. The molecule has 0 aromatic heterocycles. The first-order valence-corrected chi connectivity index (χ1v) is 12.4. The second kappa shape index (κ2) is 12.5. The molecule has 0 radical (unpaired) electrons. The highest BCUT2D eigenvalue weighted by Crippen LogP contribution is 2.26. The Kier molecular flexibility index (Phi) is 11.1. The predicted molar refractivity (Wildman–Crippen MR) is 133 cm³/mol. The SMILES string of the molecule is CCOC(=O)/C(C)=C/[C@H](C(C)C)N(C)C(=O)[C@@H](NC(=O)[C@H]1CCC(CC)CN1C)C(C)(C)C. The molecular formula is C26H47N3O4. The van der Waals surface area contributed by atoms with Gasteiger partial charge in [-0.1, -0.05) is 54.0 Å². The third kappa shape index (κ3) is 8.13. The van der Waals surface area contributed by atoms with Crippen molar-refractivity contribution in [3.05, 3.63) is 11.6 Å². The third-order valence-electron chi connectivity index (χ3n) is 6.70. The van der Waals surface area contributed by atoms with E-state index < -0.39 is 11.5 Å². The van der Waals surface area contributed by atoms with Crippen molar-refractivity contribution in [1.82, 2.24) is 15.1 Å². The fourth-order valence-electron chi connectivity index (χ4n) is 4.46. The van der Waals surface area contributed by atoms with E-state index in [1.54, 1.807) is 31.9 Å². The van der Waals surface area contributed by atoms with E-state index in [1.807, 2.05) is 41.7 Å². The maximum absolute atomic E-state index is 13.7. The molecule has 0 spiro atoms. The Morgan fingerprint density at radius 3 is 2.24 bits per heavy atom. The van der Waals surface area contributed by atoms with Crippen LogP contribution in [0.3, 0.4) is 0 Å². The summed E-state index contributed by atoms with van der Waals surface area (Å²) in [6.07, 6.45) is 4.74. The molecule has 190 valence electrons. The highest BCUT2D eigenvalue weighted by Gasteiger charge is 2.39. The van der Waals surface area contributed by atoms with Crippen molar-refractivity contribution in [1.29, 1.82) is 0 Å². The lowest BCUT2D eigenvalue weighted by Gasteiger charge is -2.40. The minimum Gasteiger partial charge on any atom is -0.463 e. The van der Waals surface area contributed by atoms with Crippen molar-refractivity contribution >= 4 is 17.8 Å². The third-order valence-corrected chi connectivity index (χ3v) is 6.70. The number of piperidine rings is 1. The molecule has 0 aromatic rings. The molecule has 1 unspecified atom stereocenters. The molecule has 0 saturated carbocycles. The molecule has 0 aliphatic carbocycles. The second-order valence-corrected chi connectivity index (χ2v) is 10.9. The molecule has 1 aliphatic heterocycles. The number of likely N-dealkylation sites (tertiary alicyclic amines) is 1. The van der Waals surface area contributed by atoms with Gasteiger partial charge in [-0.3, -0.25) is 14.5 Å². The van der Waals surface area contributed by atoms with Gasteiger partial charge in [0.25, 0.3) is 0 Å². The summed E-state index contributed by atoms with van der Waals surface area (Å²) in [5.74, 6) is 0.0670. The summed E-state index contributed by atoms with van der Waals surface area (Å²) in [4.78, 5) is 42.8. The van der Waals surface area contributed by atoms with Crippen LogP contribution in [0.2, 0.25) is 0 Å². The number of nitrogens with zero attached hydrogens (tertiary/aromatic N) is 2. The largest absolute Gasteiger partial charge is 0.463 e. The lowest BCUT2D eigenvalue weighted by Crippen LogP contribution is -2.60. The topological polar surface area (TPSA) is 79.0 Å². The zero-order valence-electron chi connectivity index (χ0n) is 22.5. The van der Waals surface area contributed by atoms with Gasteiger partial charge in [0.1, 0.15) is 6.04 Å². The van der Waals surface area contributed by atoms with Crippen LogP contribution in [-0.2, 0) is 19.1 Å². The molecule has 1 N–H and O–H groups in total. The summed E-state index contributed by atoms with van der Waals surface area (Å²) in [5, 5.41) is 3.08. The summed E-state index contributed by atoms with van der Waals surface area (Å²) in [6, 6.07) is -1.20. The minimum atomic E-state index is -0.676. The first-order chi connectivity index (χ1) is 15.2. The fourth-order valence-corrected chi connectivity index (χ4v) is 4.46. The Hall–Kier alpha value is -1.89. The van der Waals surface area contributed by atoms with Crippen LogP contribution in [0.5, 0.6) is 0 Å². The molecule has 1 aliphatic rings. The van der Waals surface area contributed by atoms with E-state index >= 15 is 0 Å². The molecular weight excluding hydrogens is 418 g/mol. The van der Waals surface area contributed by atoms with Crippen molar-refractivity contribution in [3.63, 3.8) is 0 Å². The van der Waals surface area contributed by atoms with Crippen molar-refractivity contribution in [2.45, 2.75) is 92.8 Å². The van der Waals surface area contributed by atoms with Gasteiger partial charge in [0.15, 0.2) is 0 Å². The monoisotopic (exact) mass is 465 g/mol. The number of likely N-dealkylation sites (N-methyl/N-ethyl adjacent to an activating group) is 2.